The van der Waals surface area contributed by atoms with E-state index in [0.717, 1.165) is 16.2 Å². The Hall–Kier alpha value is -0.870. The van der Waals surface area contributed by atoms with E-state index in [-0.39, 0.29) is 5.25 Å². The Morgan fingerprint density at radius 1 is 1.20 bits per heavy atom. The van der Waals surface area contributed by atoms with Crippen LogP contribution in [0.1, 0.15) is 10.8 Å². The summed E-state index contributed by atoms with van der Waals surface area (Å²) in [5.41, 5.74) is 6.97. The van der Waals surface area contributed by atoms with E-state index in [1.807, 2.05) is 30.3 Å². The molecule has 2 aromatic carbocycles. The first-order valence-corrected chi connectivity index (χ1v) is 7.74. The summed E-state index contributed by atoms with van der Waals surface area (Å²) in [5, 5.41) is 1.39. The van der Waals surface area contributed by atoms with Crippen LogP contribution < -0.4 is 10.5 Å². The fourth-order valence-electron chi connectivity index (χ4n) is 1.89. The van der Waals surface area contributed by atoms with Gasteiger partial charge in [-0.25, -0.2) is 0 Å². The van der Waals surface area contributed by atoms with Crippen molar-refractivity contribution in [1.82, 2.24) is 0 Å². The van der Waals surface area contributed by atoms with E-state index in [1.54, 1.807) is 31.0 Å². The summed E-state index contributed by atoms with van der Waals surface area (Å²) < 4.78 is 5.39. The maximum absolute atomic E-state index is 6.21. The van der Waals surface area contributed by atoms with E-state index in [4.69, 9.17) is 33.7 Å². The number of thioether (sulfide) groups is 1. The molecule has 2 rings (SSSR count). The number of ether oxygens (including phenoxy) is 1. The van der Waals surface area contributed by atoms with Crippen molar-refractivity contribution in [1.29, 1.82) is 0 Å². The minimum Gasteiger partial charge on any atom is -0.496 e. The molecule has 0 saturated carbocycles. The summed E-state index contributed by atoms with van der Waals surface area (Å²) in [4.78, 5) is 0.917. The average Bonchev–Trinajstić information content (AvgIpc) is 2.48. The highest BCUT2D eigenvalue weighted by Crippen LogP contribution is 2.41. The lowest BCUT2D eigenvalue weighted by molar-refractivity contribution is 0.409. The van der Waals surface area contributed by atoms with Gasteiger partial charge in [0.25, 0.3) is 0 Å². The molecule has 0 aliphatic carbocycles. The summed E-state index contributed by atoms with van der Waals surface area (Å²) in [6.45, 7) is 0.480. The molecule has 0 aliphatic rings. The third-order valence-corrected chi connectivity index (χ3v) is 4.86. The van der Waals surface area contributed by atoms with Crippen LogP contribution in [0.4, 0.5) is 0 Å². The number of nitrogens with two attached hydrogens (primary N) is 1. The number of hydrogen-bond donors (Lipinski definition) is 1. The smallest absolute Gasteiger partial charge is 0.123 e. The van der Waals surface area contributed by atoms with Gasteiger partial charge in [0.15, 0.2) is 0 Å². The monoisotopic (exact) mass is 327 g/mol. The van der Waals surface area contributed by atoms with Crippen LogP contribution in [-0.2, 0) is 0 Å². The first kappa shape index (κ1) is 15.5. The molecular formula is C15H15Cl2NOS. The maximum Gasteiger partial charge on any atom is 0.123 e. The van der Waals surface area contributed by atoms with Gasteiger partial charge >= 0.3 is 0 Å². The zero-order chi connectivity index (χ0) is 14.5. The topological polar surface area (TPSA) is 35.2 Å². The summed E-state index contributed by atoms with van der Waals surface area (Å²) >= 11 is 13.8. The Labute approximate surface area is 133 Å². The molecule has 0 aliphatic heterocycles. The van der Waals surface area contributed by atoms with Crippen molar-refractivity contribution in [2.45, 2.75) is 10.1 Å². The van der Waals surface area contributed by atoms with E-state index < -0.39 is 0 Å². The molecule has 0 bridgehead atoms. The molecule has 2 N–H and O–H groups in total. The van der Waals surface area contributed by atoms with Crippen molar-refractivity contribution in [3.63, 3.8) is 0 Å². The van der Waals surface area contributed by atoms with Crippen LogP contribution in [0.5, 0.6) is 5.75 Å². The van der Waals surface area contributed by atoms with Crippen LogP contribution in [0.25, 0.3) is 0 Å². The third-order valence-electron chi connectivity index (χ3n) is 2.86. The van der Waals surface area contributed by atoms with Gasteiger partial charge in [-0.15, -0.1) is 11.8 Å². The molecule has 1 atom stereocenters. The SMILES string of the molecule is COc1ccccc1C(CN)Sc1cc(Cl)ccc1Cl. The molecule has 0 saturated heterocycles. The van der Waals surface area contributed by atoms with Crippen molar-refractivity contribution in [2.24, 2.45) is 5.73 Å². The molecule has 5 heteroatoms. The number of rotatable bonds is 5. The van der Waals surface area contributed by atoms with Gasteiger partial charge in [-0.3, -0.25) is 0 Å². The molecule has 0 spiro atoms. The fraction of sp³-hybridized carbons (Fsp3) is 0.200. The van der Waals surface area contributed by atoms with Crippen molar-refractivity contribution < 1.29 is 4.74 Å². The lowest BCUT2D eigenvalue weighted by Crippen LogP contribution is -2.10. The molecule has 2 nitrogen and oxygen atoms in total. The third kappa shape index (κ3) is 3.61. The molecule has 0 fully saturated rings. The number of methoxy groups -OCH3 is 1. The fourth-order valence-corrected chi connectivity index (χ4v) is 3.48. The highest BCUT2D eigenvalue weighted by molar-refractivity contribution is 7.99. The predicted molar refractivity (Wildman–Crippen MR) is 87.1 cm³/mol. The second-order valence-electron chi connectivity index (χ2n) is 4.16. The van der Waals surface area contributed by atoms with Gasteiger partial charge in [0.05, 0.1) is 17.4 Å². The normalized spacial score (nSPS) is 12.2. The Kier molecular flexibility index (Phi) is 5.61. The summed E-state index contributed by atoms with van der Waals surface area (Å²) in [7, 11) is 1.66. The average molecular weight is 328 g/mol. The molecule has 0 amide bonds. The van der Waals surface area contributed by atoms with Crippen LogP contribution in [0.3, 0.4) is 0 Å². The lowest BCUT2D eigenvalue weighted by Gasteiger charge is -2.18. The number of halogens is 2. The van der Waals surface area contributed by atoms with Crippen LogP contribution in [0.15, 0.2) is 47.4 Å². The Bertz CT molecular complexity index is 592. The van der Waals surface area contributed by atoms with Gasteiger partial charge in [0.2, 0.25) is 0 Å². The van der Waals surface area contributed by atoms with Crippen LogP contribution in [-0.4, -0.2) is 13.7 Å². The molecule has 1 unspecified atom stereocenters. The van der Waals surface area contributed by atoms with Gasteiger partial charge in [-0.05, 0) is 24.3 Å². The van der Waals surface area contributed by atoms with Crippen molar-refractivity contribution in [3.8, 4) is 5.75 Å². The second-order valence-corrected chi connectivity index (χ2v) is 6.25. The molecule has 0 radical (unpaired) electrons. The van der Waals surface area contributed by atoms with Gasteiger partial charge in [0, 0.05) is 22.0 Å². The molecule has 2 aromatic rings. The van der Waals surface area contributed by atoms with Gasteiger partial charge in [-0.1, -0.05) is 41.4 Å². The minimum atomic E-state index is 0.0575. The van der Waals surface area contributed by atoms with Crippen molar-refractivity contribution >= 4 is 35.0 Å². The van der Waals surface area contributed by atoms with Crippen LogP contribution in [0.2, 0.25) is 10.0 Å². The summed E-state index contributed by atoms with van der Waals surface area (Å²) in [6, 6.07) is 13.3. The van der Waals surface area contributed by atoms with E-state index in [9.17, 15) is 0 Å². The molecule has 0 aromatic heterocycles. The Balaban J connectivity index is 2.31. The maximum atomic E-state index is 6.21. The summed E-state index contributed by atoms with van der Waals surface area (Å²) in [5.74, 6) is 0.827. The molecule has 106 valence electrons. The zero-order valence-electron chi connectivity index (χ0n) is 11.0. The van der Waals surface area contributed by atoms with Crippen LogP contribution in [0, 0.1) is 0 Å². The number of hydrogen-bond acceptors (Lipinski definition) is 3. The first-order valence-electron chi connectivity index (χ1n) is 6.10. The van der Waals surface area contributed by atoms with E-state index >= 15 is 0 Å². The highest BCUT2D eigenvalue weighted by atomic mass is 35.5. The lowest BCUT2D eigenvalue weighted by atomic mass is 10.1. The number of para-hydroxylation sites is 1. The largest absolute Gasteiger partial charge is 0.496 e. The standard InChI is InChI=1S/C15H15Cl2NOS/c1-19-13-5-3-2-4-11(13)15(9-18)20-14-8-10(16)6-7-12(14)17/h2-8,15H,9,18H2,1H3. The van der Waals surface area contributed by atoms with Crippen LogP contribution >= 0.6 is 35.0 Å². The van der Waals surface area contributed by atoms with Gasteiger partial charge in [-0.2, -0.15) is 0 Å². The molecule has 0 heterocycles. The van der Waals surface area contributed by atoms with Gasteiger partial charge < -0.3 is 10.5 Å². The molecule has 20 heavy (non-hydrogen) atoms. The van der Waals surface area contributed by atoms with E-state index in [2.05, 4.69) is 0 Å². The quantitative estimate of drug-likeness (QED) is 0.801. The van der Waals surface area contributed by atoms with Gasteiger partial charge in [0.1, 0.15) is 5.75 Å². The first-order chi connectivity index (χ1) is 9.65. The van der Waals surface area contributed by atoms with E-state index in [1.165, 1.54) is 0 Å². The van der Waals surface area contributed by atoms with Crippen molar-refractivity contribution in [2.75, 3.05) is 13.7 Å². The Morgan fingerprint density at radius 3 is 2.65 bits per heavy atom. The summed E-state index contributed by atoms with van der Waals surface area (Å²) in [6.07, 6.45) is 0. The predicted octanol–water partition coefficient (Wildman–Crippen LogP) is 4.79. The van der Waals surface area contributed by atoms with Crippen molar-refractivity contribution in [3.05, 3.63) is 58.1 Å². The molecular weight excluding hydrogens is 313 g/mol. The zero-order valence-corrected chi connectivity index (χ0v) is 13.3. The minimum absolute atomic E-state index is 0.0575. The number of benzene rings is 2. The van der Waals surface area contributed by atoms with E-state index in [0.29, 0.717) is 16.6 Å². The highest BCUT2D eigenvalue weighted by Gasteiger charge is 2.17. The second kappa shape index (κ2) is 7.23. The Morgan fingerprint density at radius 2 is 1.95 bits per heavy atom.